The molecule has 2 rings (SSSR count). The fraction of sp³-hybridized carbons (Fsp3) is 0.353. The van der Waals surface area contributed by atoms with Gasteiger partial charge in [-0.1, -0.05) is 0 Å². The molecule has 2 atom stereocenters. The van der Waals surface area contributed by atoms with Crippen molar-refractivity contribution in [3.05, 3.63) is 40.6 Å². The van der Waals surface area contributed by atoms with Crippen molar-refractivity contribution in [1.82, 2.24) is 0 Å². The van der Waals surface area contributed by atoms with Crippen LogP contribution in [0.25, 0.3) is 11.3 Å². The van der Waals surface area contributed by atoms with Gasteiger partial charge in [0.15, 0.2) is 5.76 Å². The van der Waals surface area contributed by atoms with Gasteiger partial charge in [0, 0.05) is 12.2 Å². The topological polar surface area (TPSA) is 130 Å². The Labute approximate surface area is 143 Å². The predicted molar refractivity (Wildman–Crippen MR) is 87.5 cm³/mol. The van der Waals surface area contributed by atoms with Gasteiger partial charge in [0.05, 0.1) is 18.8 Å². The molecule has 0 aliphatic rings. The van der Waals surface area contributed by atoms with Crippen LogP contribution >= 0.6 is 0 Å². The summed E-state index contributed by atoms with van der Waals surface area (Å²) in [7, 11) is 0. The second-order valence-electron chi connectivity index (χ2n) is 5.29. The van der Waals surface area contributed by atoms with Gasteiger partial charge in [-0.15, -0.1) is 0 Å². The highest BCUT2D eigenvalue weighted by atomic mass is 16.7. The molecule has 0 radical (unpaired) electrons. The maximum absolute atomic E-state index is 11.9. The van der Waals surface area contributed by atoms with E-state index >= 15 is 0 Å². The Bertz CT molecular complexity index is 737. The van der Waals surface area contributed by atoms with Crippen LogP contribution < -0.4 is 10.2 Å². The van der Waals surface area contributed by atoms with Crippen molar-refractivity contribution in [2.75, 3.05) is 13.2 Å². The monoisotopic (exact) mass is 352 g/mol. The number of hydrogen-bond donors (Lipinski definition) is 4. The zero-order valence-corrected chi connectivity index (χ0v) is 13.6. The van der Waals surface area contributed by atoms with Gasteiger partial charge in [-0.3, -0.25) is 4.79 Å². The van der Waals surface area contributed by atoms with Gasteiger partial charge in [-0.2, -0.15) is 0 Å². The normalized spacial score (nSPS) is 13.4. The molecule has 8 heteroatoms. The van der Waals surface area contributed by atoms with Crippen LogP contribution in [0.4, 0.5) is 0 Å². The minimum atomic E-state index is -0.871. The SMILES string of the molecule is CC(Oc1cc(=O)c(O)c(-c2ccc(O)cc2)o1)OC(CO)CCO. The van der Waals surface area contributed by atoms with Gasteiger partial charge in [0.1, 0.15) is 5.75 Å². The Morgan fingerprint density at radius 2 is 1.84 bits per heavy atom. The van der Waals surface area contributed by atoms with E-state index in [1.807, 2.05) is 0 Å². The number of ether oxygens (including phenoxy) is 2. The molecule has 0 bridgehead atoms. The largest absolute Gasteiger partial charge is 0.508 e. The Kier molecular flexibility index (Phi) is 6.40. The molecule has 136 valence electrons. The van der Waals surface area contributed by atoms with Crippen LogP contribution in [0.1, 0.15) is 13.3 Å². The highest BCUT2D eigenvalue weighted by molar-refractivity contribution is 5.64. The minimum Gasteiger partial charge on any atom is -0.508 e. The third-order valence-electron chi connectivity index (χ3n) is 3.35. The van der Waals surface area contributed by atoms with Gasteiger partial charge in [-0.25, -0.2) is 0 Å². The molecule has 0 aliphatic carbocycles. The van der Waals surface area contributed by atoms with Crippen molar-refractivity contribution in [2.45, 2.75) is 25.7 Å². The number of phenols is 1. The summed E-state index contributed by atoms with van der Waals surface area (Å²) in [6, 6.07) is 6.68. The van der Waals surface area contributed by atoms with Crippen molar-refractivity contribution >= 4 is 0 Å². The number of aliphatic hydroxyl groups is 2. The summed E-state index contributed by atoms with van der Waals surface area (Å²) in [4.78, 5) is 11.9. The van der Waals surface area contributed by atoms with Crippen LogP contribution in [0.2, 0.25) is 0 Å². The molecular weight excluding hydrogens is 332 g/mol. The summed E-state index contributed by atoms with van der Waals surface area (Å²) >= 11 is 0. The Balaban J connectivity index is 2.22. The molecule has 8 nitrogen and oxygen atoms in total. The lowest BCUT2D eigenvalue weighted by molar-refractivity contribution is -0.132. The third kappa shape index (κ3) is 4.96. The first kappa shape index (κ1) is 18.8. The van der Waals surface area contributed by atoms with E-state index in [4.69, 9.17) is 24.1 Å². The maximum Gasteiger partial charge on any atom is 0.291 e. The van der Waals surface area contributed by atoms with Crippen molar-refractivity contribution in [1.29, 1.82) is 0 Å². The van der Waals surface area contributed by atoms with Gasteiger partial charge in [-0.05, 0) is 37.6 Å². The highest BCUT2D eigenvalue weighted by Crippen LogP contribution is 2.31. The Hall–Kier alpha value is -2.55. The van der Waals surface area contributed by atoms with Crippen LogP contribution in [0.3, 0.4) is 0 Å². The van der Waals surface area contributed by atoms with Crippen molar-refractivity contribution < 1.29 is 34.3 Å². The fourth-order valence-corrected chi connectivity index (χ4v) is 2.14. The molecule has 0 fully saturated rings. The van der Waals surface area contributed by atoms with E-state index in [-0.39, 0.29) is 37.1 Å². The lowest BCUT2D eigenvalue weighted by atomic mass is 10.1. The predicted octanol–water partition coefficient (Wildman–Crippen LogP) is 1.20. The molecule has 4 N–H and O–H groups in total. The molecule has 0 spiro atoms. The van der Waals surface area contributed by atoms with Crippen molar-refractivity contribution in [3.63, 3.8) is 0 Å². The molecule has 0 saturated heterocycles. The summed E-state index contributed by atoms with van der Waals surface area (Å²) in [5.74, 6) is -0.845. The van der Waals surface area contributed by atoms with Crippen LogP contribution in [0.15, 0.2) is 39.5 Å². The van der Waals surface area contributed by atoms with Crippen LogP contribution in [0, 0.1) is 0 Å². The lowest BCUT2D eigenvalue weighted by Gasteiger charge is -2.20. The molecule has 1 aromatic carbocycles. The quantitative estimate of drug-likeness (QED) is 0.522. The summed E-state index contributed by atoms with van der Waals surface area (Å²) in [6.45, 7) is 1.08. The number of hydrogen-bond acceptors (Lipinski definition) is 8. The first-order chi connectivity index (χ1) is 11.9. The lowest BCUT2D eigenvalue weighted by Crippen LogP contribution is -2.28. The highest BCUT2D eigenvalue weighted by Gasteiger charge is 2.18. The van der Waals surface area contributed by atoms with Crippen molar-refractivity contribution in [2.24, 2.45) is 0 Å². The number of phenolic OH excluding ortho intramolecular Hbond substituents is 1. The van der Waals surface area contributed by atoms with E-state index in [2.05, 4.69) is 0 Å². The van der Waals surface area contributed by atoms with Gasteiger partial charge in [0.25, 0.3) is 5.95 Å². The molecule has 1 heterocycles. The maximum atomic E-state index is 11.9. The fourth-order valence-electron chi connectivity index (χ4n) is 2.14. The zero-order chi connectivity index (χ0) is 18.4. The molecular formula is C17H20O8. The summed E-state index contributed by atoms with van der Waals surface area (Å²) in [5, 5.41) is 37.3. The summed E-state index contributed by atoms with van der Waals surface area (Å²) < 4.78 is 16.2. The number of rotatable bonds is 8. The van der Waals surface area contributed by atoms with Crippen LogP contribution in [0.5, 0.6) is 17.4 Å². The van der Waals surface area contributed by atoms with Gasteiger partial charge < -0.3 is 34.3 Å². The first-order valence-electron chi connectivity index (χ1n) is 7.65. The average molecular weight is 352 g/mol. The van der Waals surface area contributed by atoms with E-state index in [9.17, 15) is 15.0 Å². The molecule has 0 aliphatic heterocycles. The Morgan fingerprint density at radius 1 is 1.16 bits per heavy atom. The van der Waals surface area contributed by atoms with Gasteiger partial charge >= 0.3 is 0 Å². The standard InChI is InChI=1S/C17H20O8/c1-10(23-13(9-19)6-7-18)24-15-8-14(21)16(22)17(25-15)11-2-4-12(20)5-3-11/h2-5,8,10,13,18-20,22H,6-7,9H2,1H3. The van der Waals surface area contributed by atoms with Crippen molar-refractivity contribution in [3.8, 4) is 28.8 Å². The van der Waals surface area contributed by atoms with E-state index in [1.54, 1.807) is 0 Å². The number of aliphatic hydroxyl groups excluding tert-OH is 2. The molecule has 2 aromatic rings. The van der Waals surface area contributed by atoms with Gasteiger partial charge in [0.2, 0.25) is 17.5 Å². The summed E-state index contributed by atoms with van der Waals surface area (Å²) in [6.07, 6.45) is -1.27. The van der Waals surface area contributed by atoms with E-state index in [0.717, 1.165) is 6.07 Å². The Morgan fingerprint density at radius 3 is 2.44 bits per heavy atom. The number of benzene rings is 1. The zero-order valence-electron chi connectivity index (χ0n) is 13.6. The molecule has 1 aromatic heterocycles. The molecule has 0 amide bonds. The molecule has 2 unspecified atom stereocenters. The number of aromatic hydroxyl groups is 2. The molecule has 25 heavy (non-hydrogen) atoms. The van der Waals surface area contributed by atoms with E-state index in [1.165, 1.54) is 31.2 Å². The first-order valence-corrected chi connectivity index (χ1v) is 7.65. The van der Waals surface area contributed by atoms with Crippen LogP contribution in [-0.4, -0.2) is 46.0 Å². The smallest absolute Gasteiger partial charge is 0.291 e. The van der Waals surface area contributed by atoms with Crippen LogP contribution in [-0.2, 0) is 4.74 Å². The summed E-state index contributed by atoms with van der Waals surface area (Å²) in [5.41, 5.74) is -0.328. The van der Waals surface area contributed by atoms with E-state index < -0.39 is 23.6 Å². The third-order valence-corrected chi connectivity index (χ3v) is 3.35. The molecule has 0 saturated carbocycles. The van der Waals surface area contributed by atoms with E-state index in [0.29, 0.717) is 5.56 Å². The second-order valence-corrected chi connectivity index (χ2v) is 5.29. The minimum absolute atomic E-state index is 0.0268. The average Bonchev–Trinajstić information content (AvgIpc) is 2.58. The second kappa shape index (κ2) is 8.52.